The average molecular weight is 364 g/mol. The summed E-state index contributed by atoms with van der Waals surface area (Å²) in [5.41, 5.74) is 2.52. The molecule has 2 heterocycles. The molecule has 2 atom stereocenters. The van der Waals surface area contributed by atoms with E-state index in [2.05, 4.69) is 16.1 Å². The summed E-state index contributed by atoms with van der Waals surface area (Å²) in [6.45, 7) is 7.46. The molecule has 7 heteroatoms. The van der Waals surface area contributed by atoms with Crippen molar-refractivity contribution in [2.45, 2.75) is 46.0 Å². The van der Waals surface area contributed by atoms with E-state index in [-0.39, 0.29) is 12.1 Å². The number of aryl methyl sites for hydroxylation is 1. The molecule has 25 heavy (non-hydrogen) atoms. The van der Waals surface area contributed by atoms with Gasteiger partial charge in [0.1, 0.15) is 12.6 Å². The third-order valence-electron chi connectivity index (χ3n) is 4.82. The van der Waals surface area contributed by atoms with E-state index in [0.717, 1.165) is 48.3 Å². The standard InChI is InChI=1S/C18H25N3O3S/c1-3-20-15-8-7-13(17(23)24-4-2)10-16(15)21(18(20)25)12-19-9-5-6-14(22)11-19/h7-8,10,14,22H,3-6,9,11-12H2,1-2H3/p+1/t14-/m0/s1. The van der Waals surface area contributed by atoms with Crippen molar-refractivity contribution in [2.24, 2.45) is 0 Å². The lowest BCUT2D eigenvalue weighted by molar-refractivity contribution is -0.930. The molecule has 2 aromatic rings. The Morgan fingerprint density at radius 1 is 1.36 bits per heavy atom. The van der Waals surface area contributed by atoms with Gasteiger partial charge in [-0.15, -0.1) is 0 Å². The molecule has 0 spiro atoms. The predicted molar refractivity (Wildman–Crippen MR) is 98.3 cm³/mol. The van der Waals surface area contributed by atoms with Crippen LogP contribution in [0.15, 0.2) is 18.2 Å². The number of likely N-dealkylation sites (tertiary alicyclic amines) is 1. The number of imidazole rings is 1. The third kappa shape index (κ3) is 3.63. The van der Waals surface area contributed by atoms with Crippen molar-refractivity contribution in [3.8, 4) is 0 Å². The number of ether oxygens (including phenoxy) is 1. The van der Waals surface area contributed by atoms with Gasteiger partial charge in [0, 0.05) is 6.54 Å². The summed E-state index contributed by atoms with van der Waals surface area (Å²) in [5, 5.41) is 9.94. The molecule has 1 unspecified atom stereocenters. The zero-order valence-electron chi connectivity index (χ0n) is 14.8. The number of nitrogens with zero attached hydrogens (tertiary/aromatic N) is 2. The molecule has 0 amide bonds. The summed E-state index contributed by atoms with van der Waals surface area (Å²) >= 11 is 5.68. The maximum absolute atomic E-state index is 12.1. The van der Waals surface area contributed by atoms with Crippen molar-refractivity contribution in [2.75, 3.05) is 19.7 Å². The second kappa shape index (κ2) is 7.68. The Morgan fingerprint density at radius 2 is 2.16 bits per heavy atom. The van der Waals surface area contributed by atoms with Crippen LogP contribution >= 0.6 is 12.2 Å². The van der Waals surface area contributed by atoms with Gasteiger partial charge < -0.3 is 19.3 Å². The maximum Gasteiger partial charge on any atom is 0.338 e. The van der Waals surface area contributed by atoms with Crippen LogP contribution in [0.1, 0.15) is 37.0 Å². The lowest BCUT2D eigenvalue weighted by Gasteiger charge is -2.27. The number of hydrogen-bond donors (Lipinski definition) is 2. The molecule has 1 aromatic heterocycles. The van der Waals surface area contributed by atoms with Gasteiger partial charge in [0.05, 0.1) is 29.7 Å². The number of hydrogen-bond acceptors (Lipinski definition) is 4. The number of benzene rings is 1. The number of quaternary nitrogens is 1. The van der Waals surface area contributed by atoms with Gasteiger partial charge in [-0.2, -0.15) is 0 Å². The molecule has 1 aliphatic heterocycles. The van der Waals surface area contributed by atoms with Crippen molar-refractivity contribution >= 4 is 29.2 Å². The predicted octanol–water partition coefficient (Wildman–Crippen LogP) is 1.37. The van der Waals surface area contributed by atoms with E-state index in [0.29, 0.717) is 18.8 Å². The first-order valence-electron chi connectivity index (χ1n) is 8.97. The van der Waals surface area contributed by atoms with Crippen molar-refractivity contribution in [1.82, 2.24) is 9.13 Å². The molecular weight excluding hydrogens is 338 g/mol. The van der Waals surface area contributed by atoms with Crippen LogP contribution in [0.4, 0.5) is 0 Å². The van der Waals surface area contributed by atoms with Crippen LogP contribution in [-0.4, -0.2) is 46.0 Å². The minimum atomic E-state index is -0.313. The van der Waals surface area contributed by atoms with E-state index >= 15 is 0 Å². The highest BCUT2D eigenvalue weighted by atomic mass is 32.1. The number of aliphatic hydroxyl groups is 1. The summed E-state index contributed by atoms with van der Waals surface area (Å²) in [7, 11) is 0. The van der Waals surface area contributed by atoms with Gasteiger partial charge >= 0.3 is 5.97 Å². The lowest BCUT2D eigenvalue weighted by atomic mass is 10.1. The molecule has 1 fully saturated rings. The molecule has 1 aromatic carbocycles. The van der Waals surface area contributed by atoms with Crippen LogP contribution in [0.5, 0.6) is 0 Å². The van der Waals surface area contributed by atoms with Crippen molar-refractivity contribution in [3.05, 3.63) is 28.5 Å². The summed E-state index contributed by atoms with van der Waals surface area (Å²) in [6, 6.07) is 5.61. The Bertz CT molecular complexity index is 827. The normalized spacial score (nSPS) is 20.8. The van der Waals surface area contributed by atoms with Crippen LogP contribution in [0.3, 0.4) is 0 Å². The Kier molecular flexibility index (Phi) is 5.56. The lowest BCUT2D eigenvalue weighted by Crippen LogP contribution is -3.13. The van der Waals surface area contributed by atoms with E-state index in [9.17, 15) is 9.90 Å². The molecule has 1 aliphatic rings. The fourth-order valence-corrected chi connectivity index (χ4v) is 4.00. The Labute approximate surface area is 152 Å². The Morgan fingerprint density at radius 3 is 2.84 bits per heavy atom. The Balaban J connectivity index is 2.02. The highest BCUT2D eigenvalue weighted by Crippen LogP contribution is 2.20. The van der Waals surface area contributed by atoms with Gasteiger partial charge in [0.25, 0.3) is 0 Å². The summed E-state index contributed by atoms with van der Waals surface area (Å²) in [5.74, 6) is -0.313. The number of fused-ring (bicyclic) bond motifs is 1. The van der Waals surface area contributed by atoms with E-state index in [1.54, 1.807) is 13.0 Å². The molecule has 3 rings (SSSR count). The van der Waals surface area contributed by atoms with E-state index in [1.165, 1.54) is 4.90 Å². The first-order valence-corrected chi connectivity index (χ1v) is 9.37. The quantitative estimate of drug-likeness (QED) is 0.621. The van der Waals surface area contributed by atoms with Gasteiger partial charge in [-0.1, -0.05) is 0 Å². The van der Waals surface area contributed by atoms with Crippen molar-refractivity contribution in [3.63, 3.8) is 0 Å². The van der Waals surface area contributed by atoms with Crippen LogP contribution in [-0.2, 0) is 18.0 Å². The van der Waals surface area contributed by atoms with Gasteiger partial charge in [0.15, 0.2) is 11.4 Å². The molecule has 2 N–H and O–H groups in total. The number of rotatable bonds is 5. The molecular formula is C18H26N3O3S+. The fraction of sp³-hybridized carbons (Fsp3) is 0.556. The number of nitrogens with one attached hydrogen (secondary N) is 1. The van der Waals surface area contributed by atoms with E-state index in [1.807, 2.05) is 12.1 Å². The van der Waals surface area contributed by atoms with Crippen molar-refractivity contribution in [1.29, 1.82) is 0 Å². The zero-order valence-corrected chi connectivity index (χ0v) is 15.6. The van der Waals surface area contributed by atoms with Crippen LogP contribution < -0.4 is 4.90 Å². The van der Waals surface area contributed by atoms with Crippen LogP contribution in [0, 0.1) is 4.77 Å². The molecule has 0 radical (unpaired) electrons. The number of piperidine rings is 1. The first-order chi connectivity index (χ1) is 12.0. The minimum Gasteiger partial charge on any atom is -0.462 e. The van der Waals surface area contributed by atoms with Gasteiger partial charge in [-0.05, 0) is 57.1 Å². The number of carbonyl (C=O) groups excluding carboxylic acids is 1. The van der Waals surface area contributed by atoms with E-state index in [4.69, 9.17) is 17.0 Å². The largest absolute Gasteiger partial charge is 0.462 e. The summed E-state index contributed by atoms with van der Waals surface area (Å²) in [4.78, 5) is 13.4. The first kappa shape index (κ1) is 18.1. The van der Waals surface area contributed by atoms with Gasteiger partial charge in [-0.3, -0.25) is 4.57 Å². The Hall–Kier alpha value is -1.70. The highest BCUT2D eigenvalue weighted by molar-refractivity contribution is 7.71. The summed E-state index contributed by atoms with van der Waals surface area (Å²) in [6.07, 6.45) is 1.65. The van der Waals surface area contributed by atoms with Crippen LogP contribution in [0.2, 0.25) is 0 Å². The molecule has 6 nitrogen and oxygen atoms in total. The zero-order chi connectivity index (χ0) is 18.0. The van der Waals surface area contributed by atoms with Crippen LogP contribution in [0.25, 0.3) is 11.0 Å². The number of esters is 1. The maximum atomic E-state index is 12.1. The number of carbonyl (C=O) groups is 1. The monoisotopic (exact) mass is 364 g/mol. The average Bonchev–Trinajstić information content (AvgIpc) is 2.86. The van der Waals surface area contributed by atoms with Gasteiger partial charge in [0.2, 0.25) is 0 Å². The fourth-order valence-electron chi connectivity index (χ4n) is 3.61. The van der Waals surface area contributed by atoms with E-state index < -0.39 is 0 Å². The van der Waals surface area contributed by atoms with Gasteiger partial charge in [-0.25, -0.2) is 4.79 Å². The third-order valence-corrected chi connectivity index (χ3v) is 5.26. The SMILES string of the molecule is CCOC(=O)c1ccc2c(c1)n(C[NH+]1CCC[C@H](O)C1)c(=S)n2CC. The smallest absolute Gasteiger partial charge is 0.338 e. The number of aliphatic hydroxyl groups excluding tert-OH is 1. The molecule has 1 saturated heterocycles. The van der Waals surface area contributed by atoms with Crippen molar-refractivity contribution < 1.29 is 19.5 Å². The molecule has 136 valence electrons. The topological polar surface area (TPSA) is 60.8 Å². The minimum absolute atomic E-state index is 0.243. The molecule has 0 saturated carbocycles. The molecule has 0 bridgehead atoms. The highest BCUT2D eigenvalue weighted by Gasteiger charge is 2.23. The second-order valence-corrected chi connectivity index (χ2v) is 6.90. The number of aromatic nitrogens is 2. The molecule has 0 aliphatic carbocycles. The second-order valence-electron chi connectivity index (χ2n) is 6.54. The summed E-state index contributed by atoms with van der Waals surface area (Å²) < 4.78 is 10.1.